The van der Waals surface area contributed by atoms with E-state index in [-0.39, 0.29) is 6.10 Å². The summed E-state index contributed by atoms with van der Waals surface area (Å²) in [5.74, 6) is 2.64. The van der Waals surface area contributed by atoms with Gasteiger partial charge in [0.2, 0.25) is 0 Å². The van der Waals surface area contributed by atoms with Crippen LogP contribution in [-0.2, 0) is 4.74 Å². The van der Waals surface area contributed by atoms with Crippen LogP contribution in [0.3, 0.4) is 0 Å². The van der Waals surface area contributed by atoms with Crippen molar-refractivity contribution in [2.45, 2.75) is 83.7 Å². The average Bonchev–Trinajstić information content (AvgIpc) is 2.66. The number of rotatable bonds is 7. The Balaban J connectivity index is 1.45. The highest BCUT2D eigenvalue weighted by atomic mass is 16.5. The van der Waals surface area contributed by atoms with E-state index in [1.807, 2.05) is 24.3 Å². The fourth-order valence-corrected chi connectivity index (χ4v) is 4.58. The zero-order valence-electron chi connectivity index (χ0n) is 17.0. The molecular weight excluding hydrogens is 336 g/mol. The summed E-state index contributed by atoms with van der Waals surface area (Å²) in [6.45, 7) is 3.93. The molecule has 1 unspecified atom stereocenters. The monoisotopic (exact) mass is 372 g/mol. The van der Waals surface area contributed by atoms with Crippen LogP contribution in [-0.4, -0.2) is 25.1 Å². The van der Waals surface area contributed by atoms with E-state index in [0.717, 1.165) is 56.1 Å². The van der Waals surface area contributed by atoms with Crippen LogP contribution >= 0.6 is 0 Å². The Morgan fingerprint density at radius 2 is 1.70 bits per heavy atom. The van der Waals surface area contributed by atoms with Gasteiger partial charge in [-0.15, -0.1) is 0 Å². The quantitative estimate of drug-likeness (QED) is 0.534. The zero-order chi connectivity index (χ0) is 18.9. The molecule has 3 nitrogen and oxygen atoms in total. The molecule has 1 heterocycles. The van der Waals surface area contributed by atoms with E-state index in [1.165, 1.54) is 38.5 Å². The van der Waals surface area contributed by atoms with Crippen molar-refractivity contribution in [2.24, 2.45) is 11.8 Å². The van der Waals surface area contributed by atoms with Crippen molar-refractivity contribution in [3.05, 3.63) is 29.8 Å². The first-order chi connectivity index (χ1) is 13.2. The maximum Gasteiger partial charge on any atom is 0.163 e. The minimum absolute atomic E-state index is 0.227. The molecule has 2 fully saturated rings. The van der Waals surface area contributed by atoms with Gasteiger partial charge >= 0.3 is 0 Å². The maximum absolute atomic E-state index is 12.6. The third-order valence-corrected chi connectivity index (χ3v) is 6.27. The van der Waals surface area contributed by atoms with Gasteiger partial charge in [-0.25, -0.2) is 0 Å². The van der Waals surface area contributed by atoms with E-state index in [0.29, 0.717) is 18.1 Å². The maximum atomic E-state index is 12.6. The molecule has 0 aromatic heterocycles. The second-order valence-electron chi connectivity index (χ2n) is 8.46. The molecule has 1 aromatic carbocycles. The highest BCUT2D eigenvalue weighted by molar-refractivity contribution is 5.96. The summed E-state index contributed by atoms with van der Waals surface area (Å²) in [5.41, 5.74) is 0.832. The van der Waals surface area contributed by atoms with Gasteiger partial charge in [0.15, 0.2) is 5.78 Å². The number of carbonyl (C=O) groups is 1. The van der Waals surface area contributed by atoms with Crippen LogP contribution in [0.5, 0.6) is 5.75 Å². The van der Waals surface area contributed by atoms with Crippen molar-refractivity contribution in [1.82, 2.24) is 0 Å². The lowest BCUT2D eigenvalue weighted by Crippen LogP contribution is -2.21. The van der Waals surface area contributed by atoms with E-state index in [2.05, 4.69) is 6.92 Å². The van der Waals surface area contributed by atoms with E-state index in [9.17, 15) is 4.79 Å². The summed E-state index contributed by atoms with van der Waals surface area (Å²) in [4.78, 5) is 12.6. The molecule has 1 atom stereocenters. The first kappa shape index (κ1) is 20.4. The van der Waals surface area contributed by atoms with Crippen molar-refractivity contribution in [2.75, 3.05) is 13.2 Å². The Bertz CT molecular complexity index is 549. The molecular formula is C24H36O3. The van der Waals surface area contributed by atoms with Crippen molar-refractivity contribution in [3.8, 4) is 5.75 Å². The third kappa shape index (κ3) is 6.64. The smallest absolute Gasteiger partial charge is 0.163 e. The van der Waals surface area contributed by atoms with Crippen molar-refractivity contribution < 1.29 is 14.3 Å². The summed E-state index contributed by atoms with van der Waals surface area (Å²) in [6.07, 6.45) is 13.0. The molecule has 1 aliphatic heterocycles. The average molecular weight is 373 g/mol. The third-order valence-electron chi connectivity index (χ3n) is 6.27. The van der Waals surface area contributed by atoms with Gasteiger partial charge in [-0.05, 0) is 68.2 Å². The summed E-state index contributed by atoms with van der Waals surface area (Å²) in [7, 11) is 0. The molecule has 1 saturated carbocycles. The van der Waals surface area contributed by atoms with E-state index in [4.69, 9.17) is 9.47 Å². The fraction of sp³-hybridized carbons (Fsp3) is 0.708. The van der Waals surface area contributed by atoms with Crippen LogP contribution in [0.4, 0.5) is 0 Å². The van der Waals surface area contributed by atoms with Crippen LogP contribution in [0.25, 0.3) is 0 Å². The molecule has 0 radical (unpaired) electrons. The molecule has 0 amide bonds. The number of carbonyl (C=O) groups excluding carboxylic acids is 1. The van der Waals surface area contributed by atoms with Crippen molar-refractivity contribution in [1.29, 1.82) is 0 Å². The molecule has 3 rings (SSSR count). The van der Waals surface area contributed by atoms with E-state index < -0.39 is 0 Å². The van der Waals surface area contributed by atoms with Gasteiger partial charge in [0.05, 0.1) is 6.61 Å². The standard InChI is InChI=1S/C24H36O3/c1-2-5-19-7-9-20(10-8-19)18-24(25)21-11-13-23(14-12-21)27-22-6-3-4-16-26-17-15-22/h11-14,19-20,22H,2-10,15-18H2,1H3. The number of hydrogen-bond acceptors (Lipinski definition) is 3. The summed E-state index contributed by atoms with van der Waals surface area (Å²) < 4.78 is 11.7. The highest BCUT2D eigenvalue weighted by Gasteiger charge is 2.23. The summed E-state index contributed by atoms with van der Waals surface area (Å²) in [6, 6.07) is 7.82. The van der Waals surface area contributed by atoms with Gasteiger partial charge in [-0.3, -0.25) is 4.79 Å². The molecule has 3 heteroatoms. The molecule has 150 valence electrons. The van der Waals surface area contributed by atoms with Gasteiger partial charge in [0.25, 0.3) is 0 Å². The Hall–Kier alpha value is -1.35. The van der Waals surface area contributed by atoms with Crippen LogP contribution in [0.1, 0.15) is 87.9 Å². The first-order valence-electron chi connectivity index (χ1n) is 11.1. The Morgan fingerprint density at radius 1 is 0.963 bits per heavy atom. The topological polar surface area (TPSA) is 35.5 Å². The zero-order valence-corrected chi connectivity index (χ0v) is 17.0. The Morgan fingerprint density at radius 3 is 2.44 bits per heavy atom. The van der Waals surface area contributed by atoms with Gasteiger partial charge < -0.3 is 9.47 Å². The molecule has 0 spiro atoms. The van der Waals surface area contributed by atoms with Crippen LogP contribution in [0.15, 0.2) is 24.3 Å². The number of ketones is 1. The number of ether oxygens (including phenoxy) is 2. The largest absolute Gasteiger partial charge is 0.490 e. The van der Waals surface area contributed by atoms with Crippen LogP contribution < -0.4 is 4.74 Å². The lowest BCUT2D eigenvalue weighted by molar-refractivity contribution is 0.0672. The first-order valence-corrected chi connectivity index (χ1v) is 11.1. The predicted molar refractivity (Wildman–Crippen MR) is 109 cm³/mol. The van der Waals surface area contributed by atoms with Gasteiger partial charge in [0, 0.05) is 25.0 Å². The predicted octanol–water partition coefficient (Wildman–Crippen LogP) is 6.20. The number of hydrogen-bond donors (Lipinski definition) is 0. The molecule has 1 aliphatic carbocycles. The Kier molecular flexibility index (Phi) is 8.19. The van der Waals surface area contributed by atoms with Gasteiger partial charge in [-0.2, -0.15) is 0 Å². The minimum atomic E-state index is 0.227. The van der Waals surface area contributed by atoms with Crippen LogP contribution in [0.2, 0.25) is 0 Å². The highest BCUT2D eigenvalue weighted by Crippen LogP contribution is 2.34. The molecule has 1 aromatic rings. The molecule has 0 N–H and O–H groups in total. The molecule has 2 aliphatic rings. The summed E-state index contributed by atoms with van der Waals surface area (Å²) >= 11 is 0. The second-order valence-corrected chi connectivity index (χ2v) is 8.46. The van der Waals surface area contributed by atoms with E-state index >= 15 is 0 Å². The van der Waals surface area contributed by atoms with Gasteiger partial charge in [-0.1, -0.05) is 32.6 Å². The summed E-state index contributed by atoms with van der Waals surface area (Å²) in [5, 5.41) is 0. The normalized spacial score (nSPS) is 26.8. The van der Waals surface area contributed by atoms with E-state index in [1.54, 1.807) is 0 Å². The van der Waals surface area contributed by atoms with Crippen molar-refractivity contribution in [3.63, 3.8) is 0 Å². The lowest BCUT2D eigenvalue weighted by Gasteiger charge is -2.28. The second kappa shape index (κ2) is 10.8. The molecule has 0 bridgehead atoms. The van der Waals surface area contributed by atoms with Gasteiger partial charge in [0.1, 0.15) is 11.9 Å². The molecule has 1 saturated heterocycles. The Labute approximate surface area is 164 Å². The van der Waals surface area contributed by atoms with Crippen LogP contribution in [0, 0.1) is 11.8 Å². The molecule has 27 heavy (non-hydrogen) atoms. The lowest BCUT2D eigenvalue weighted by atomic mass is 9.78. The SMILES string of the molecule is CCCC1CCC(CC(=O)c2ccc(OC3CCCCOCC3)cc2)CC1. The minimum Gasteiger partial charge on any atom is -0.490 e. The number of benzene rings is 1. The number of Topliss-reactive ketones (excluding diaryl/α,β-unsaturated/α-hetero) is 1. The fourth-order valence-electron chi connectivity index (χ4n) is 4.58. The van der Waals surface area contributed by atoms with Crippen molar-refractivity contribution >= 4 is 5.78 Å².